The monoisotopic (exact) mass is 190 g/mol. The number of hydrogen-bond donors (Lipinski definition) is 0. The summed E-state index contributed by atoms with van der Waals surface area (Å²) >= 11 is 4.13. The summed E-state index contributed by atoms with van der Waals surface area (Å²) in [4.78, 5) is 0. The molecule has 1 unspecified atom stereocenters. The van der Waals surface area contributed by atoms with Gasteiger partial charge in [-0.3, -0.25) is 0 Å². The summed E-state index contributed by atoms with van der Waals surface area (Å²) in [6.07, 6.45) is 0. The molecule has 1 rings (SSSR count). The summed E-state index contributed by atoms with van der Waals surface area (Å²) in [5.41, 5.74) is 0.676. The smallest absolute Gasteiger partial charge is 0.187 e. The van der Waals surface area contributed by atoms with E-state index < -0.39 is 8.88 Å². The Kier molecular flexibility index (Phi) is 2.57. The van der Waals surface area contributed by atoms with E-state index in [-0.39, 0.29) is 5.75 Å². The van der Waals surface area contributed by atoms with Crippen molar-refractivity contribution in [2.45, 2.75) is 5.75 Å². The zero-order valence-corrected chi connectivity index (χ0v) is 7.33. The number of rotatable bonds is 2. The van der Waals surface area contributed by atoms with Crippen molar-refractivity contribution < 1.29 is 8.09 Å². The third-order valence-electron chi connectivity index (χ3n) is 1.18. The average molecular weight is 190 g/mol. The average Bonchev–Trinajstić information content (AvgIpc) is 1.85. The Morgan fingerprint density at radius 1 is 1.36 bits per heavy atom. The van der Waals surface area contributed by atoms with Crippen LogP contribution in [-0.2, 0) is 25.8 Å². The maximum Gasteiger partial charge on any atom is 0.187 e. The summed E-state index contributed by atoms with van der Waals surface area (Å²) < 4.78 is 22.9. The van der Waals surface area contributed by atoms with Gasteiger partial charge in [-0.05, 0) is 5.56 Å². The second-order valence-corrected chi connectivity index (χ2v) is 5.03. The van der Waals surface area contributed by atoms with Crippen LogP contribution >= 0.6 is 0 Å². The molecule has 0 spiro atoms. The van der Waals surface area contributed by atoms with Crippen molar-refractivity contribution in [3.63, 3.8) is 0 Å². The van der Waals surface area contributed by atoms with Crippen LogP contribution in [-0.4, -0.2) is 4.21 Å². The molecule has 0 bridgehead atoms. The van der Waals surface area contributed by atoms with Crippen LogP contribution in [0.15, 0.2) is 30.3 Å². The molecule has 11 heavy (non-hydrogen) atoms. The molecule has 0 fully saturated rings. The molecule has 4 heteroatoms. The van der Waals surface area contributed by atoms with E-state index in [1.54, 1.807) is 24.3 Å². The molecule has 1 aromatic carbocycles. The predicted octanol–water partition coefficient (Wildman–Crippen LogP) is 1.82. The molecule has 0 aliphatic rings. The first-order valence-electron chi connectivity index (χ1n) is 3.04. The zero-order valence-electron chi connectivity index (χ0n) is 5.70. The van der Waals surface area contributed by atoms with Gasteiger partial charge in [0.1, 0.15) is 0 Å². The Morgan fingerprint density at radius 3 is 2.36 bits per heavy atom. The quantitative estimate of drug-likeness (QED) is 0.662. The summed E-state index contributed by atoms with van der Waals surface area (Å²) in [6.45, 7) is 0. The molecule has 0 heterocycles. The molecule has 0 saturated heterocycles. The van der Waals surface area contributed by atoms with Crippen molar-refractivity contribution in [2.24, 2.45) is 0 Å². The minimum absolute atomic E-state index is 0.164. The van der Waals surface area contributed by atoms with E-state index in [4.69, 9.17) is 0 Å². The predicted molar refractivity (Wildman–Crippen MR) is 46.8 cm³/mol. The Labute approximate surface area is 70.2 Å². The van der Waals surface area contributed by atoms with Gasteiger partial charge in [0.05, 0.1) is 5.75 Å². The van der Waals surface area contributed by atoms with Crippen molar-refractivity contribution in [1.82, 2.24) is 0 Å². The first-order chi connectivity index (χ1) is 5.08. The molecule has 1 nitrogen and oxygen atoms in total. The molecule has 60 valence electrons. The molecule has 0 aliphatic carbocycles. The van der Waals surface area contributed by atoms with Crippen LogP contribution in [0.2, 0.25) is 0 Å². The minimum Gasteiger partial charge on any atom is -0.224 e. The third kappa shape index (κ3) is 3.43. The van der Waals surface area contributed by atoms with Crippen molar-refractivity contribution >= 4 is 20.1 Å². The molecular weight excluding hydrogens is 183 g/mol. The van der Waals surface area contributed by atoms with Crippen molar-refractivity contribution in [1.29, 1.82) is 0 Å². The van der Waals surface area contributed by atoms with Crippen molar-refractivity contribution in [3.8, 4) is 0 Å². The van der Waals surface area contributed by atoms with Crippen LogP contribution in [0.4, 0.5) is 3.89 Å². The lowest BCUT2D eigenvalue weighted by molar-refractivity contribution is 0.646. The van der Waals surface area contributed by atoms with Crippen LogP contribution in [0.25, 0.3) is 0 Å². The van der Waals surface area contributed by atoms with E-state index in [1.807, 2.05) is 6.07 Å². The standard InChI is InChI=1S/C7H7FOS2/c8-11(9,10)6-7-4-2-1-3-5-7/h1-5H,6H2. The normalized spacial score (nSPS) is 15.7. The van der Waals surface area contributed by atoms with Crippen molar-refractivity contribution in [2.75, 3.05) is 0 Å². The van der Waals surface area contributed by atoms with Gasteiger partial charge in [0.15, 0.2) is 8.88 Å². The van der Waals surface area contributed by atoms with Crippen LogP contribution in [0.3, 0.4) is 0 Å². The van der Waals surface area contributed by atoms with Crippen molar-refractivity contribution in [3.05, 3.63) is 35.9 Å². The van der Waals surface area contributed by atoms with E-state index in [9.17, 15) is 8.09 Å². The summed E-state index contributed by atoms with van der Waals surface area (Å²) in [5.74, 6) is -0.164. The van der Waals surface area contributed by atoms with Gasteiger partial charge < -0.3 is 0 Å². The van der Waals surface area contributed by atoms with E-state index in [1.165, 1.54) is 0 Å². The SMILES string of the molecule is O=S(F)(=S)Cc1ccccc1. The largest absolute Gasteiger partial charge is 0.224 e. The maximum absolute atomic E-state index is 12.4. The highest BCUT2D eigenvalue weighted by molar-refractivity contribution is 8.29. The molecule has 0 saturated carbocycles. The Hall–Kier alpha value is -0.480. The first kappa shape index (κ1) is 8.62. The highest BCUT2D eigenvalue weighted by Crippen LogP contribution is 2.06. The van der Waals surface area contributed by atoms with Crippen LogP contribution in [0.1, 0.15) is 5.56 Å². The fraction of sp³-hybridized carbons (Fsp3) is 0.143. The molecule has 0 N–H and O–H groups in total. The van der Waals surface area contributed by atoms with E-state index in [0.29, 0.717) is 5.56 Å². The van der Waals surface area contributed by atoms with E-state index in [2.05, 4.69) is 11.2 Å². The maximum atomic E-state index is 12.4. The number of hydrogen-bond acceptors (Lipinski definition) is 2. The van der Waals surface area contributed by atoms with Crippen LogP contribution in [0, 0.1) is 0 Å². The fourth-order valence-corrected chi connectivity index (χ4v) is 1.77. The second-order valence-electron chi connectivity index (χ2n) is 2.17. The lowest BCUT2D eigenvalue weighted by Gasteiger charge is -1.95. The molecular formula is C7H7FOS2. The van der Waals surface area contributed by atoms with E-state index in [0.717, 1.165) is 0 Å². The molecule has 0 radical (unpaired) electrons. The summed E-state index contributed by atoms with van der Waals surface area (Å²) in [6, 6.07) is 8.73. The molecule has 0 aliphatic heterocycles. The van der Waals surface area contributed by atoms with Gasteiger partial charge in [-0.2, -0.15) is 0 Å². The minimum atomic E-state index is -3.54. The van der Waals surface area contributed by atoms with Crippen LogP contribution < -0.4 is 0 Å². The number of halogens is 1. The van der Waals surface area contributed by atoms with Gasteiger partial charge in [0.2, 0.25) is 0 Å². The summed E-state index contributed by atoms with van der Waals surface area (Å²) in [5, 5.41) is 0. The van der Waals surface area contributed by atoms with Gasteiger partial charge in [-0.15, -0.1) is 3.89 Å². The second kappa shape index (κ2) is 3.28. The topological polar surface area (TPSA) is 17.1 Å². The fourth-order valence-electron chi connectivity index (χ4n) is 0.773. The van der Waals surface area contributed by atoms with Gasteiger partial charge in [0, 0.05) is 11.2 Å². The lowest BCUT2D eigenvalue weighted by atomic mass is 10.2. The Balaban J connectivity index is 2.82. The third-order valence-corrected chi connectivity index (χ3v) is 2.21. The van der Waals surface area contributed by atoms with Gasteiger partial charge in [-0.1, -0.05) is 30.3 Å². The summed E-state index contributed by atoms with van der Waals surface area (Å²) in [7, 11) is -3.54. The molecule has 1 aromatic rings. The molecule has 0 amide bonds. The zero-order chi connectivity index (χ0) is 8.32. The van der Waals surface area contributed by atoms with E-state index >= 15 is 0 Å². The highest BCUT2D eigenvalue weighted by Gasteiger charge is 2.02. The Bertz CT molecular complexity index is 318. The van der Waals surface area contributed by atoms with Gasteiger partial charge >= 0.3 is 0 Å². The molecule has 0 aromatic heterocycles. The number of benzene rings is 1. The van der Waals surface area contributed by atoms with Crippen LogP contribution in [0.5, 0.6) is 0 Å². The highest BCUT2D eigenvalue weighted by atomic mass is 32.9. The van der Waals surface area contributed by atoms with Gasteiger partial charge in [-0.25, -0.2) is 4.21 Å². The molecule has 1 atom stereocenters. The lowest BCUT2D eigenvalue weighted by Crippen LogP contribution is -1.93. The Morgan fingerprint density at radius 2 is 1.91 bits per heavy atom. The van der Waals surface area contributed by atoms with Gasteiger partial charge in [0.25, 0.3) is 0 Å². The first-order valence-corrected chi connectivity index (χ1v) is 5.59.